The van der Waals surface area contributed by atoms with E-state index in [4.69, 9.17) is 5.73 Å². The van der Waals surface area contributed by atoms with Gasteiger partial charge in [0.1, 0.15) is 5.82 Å². The van der Waals surface area contributed by atoms with Crippen LogP contribution >= 0.6 is 15.9 Å². The van der Waals surface area contributed by atoms with E-state index in [-0.39, 0.29) is 11.9 Å². The molecule has 0 fully saturated rings. The summed E-state index contributed by atoms with van der Waals surface area (Å²) in [7, 11) is 0. The van der Waals surface area contributed by atoms with Crippen LogP contribution in [0.3, 0.4) is 0 Å². The maximum atomic E-state index is 13.0. The fourth-order valence-electron chi connectivity index (χ4n) is 1.85. The van der Waals surface area contributed by atoms with E-state index < -0.39 is 0 Å². The van der Waals surface area contributed by atoms with Gasteiger partial charge < -0.3 is 5.73 Å². The fraction of sp³-hybridized carbons (Fsp3) is 0.214. The molecule has 0 spiro atoms. The van der Waals surface area contributed by atoms with E-state index in [9.17, 15) is 4.39 Å². The molecular formula is C14H14BrFN2. The predicted octanol–water partition coefficient (Wildman–Crippen LogP) is 3.53. The van der Waals surface area contributed by atoms with Crippen LogP contribution in [-0.2, 0) is 6.42 Å². The van der Waals surface area contributed by atoms with Crippen molar-refractivity contribution < 1.29 is 4.39 Å². The minimum atomic E-state index is -0.271. The second-order valence-corrected chi connectivity index (χ2v) is 5.10. The van der Waals surface area contributed by atoms with Crippen LogP contribution in [0.2, 0.25) is 0 Å². The van der Waals surface area contributed by atoms with Crippen LogP contribution < -0.4 is 5.73 Å². The van der Waals surface area contributed by atoms with Crippen molar-refractivity contribution in [3.05, 3.63) is 63.6 Å². The number of hydrogen-bond acceptors (Lipinski definition) is 2. The molecule has 0 saturated heterocycles. The Balaban J connectivity index is 2.22. The standard InChI is InChI=1S/C14H14BrFN2/c1-9-3-2-6-18-14(9)8-13(17)11-5-4-10(16)7-12(11)15/h2-7,13H,8,17H2,1H3. The molecule has 4 heteroatoms. The first-order chi connectivity index (χ1) is 8.58. The van der Waals surface area contributed by atoms with Crippen LogP contribution in [-0.4, -0.2) is 4.98 Å². The quantitative estimate of drug-likeness (QED) is 0.942. The Hall–Kier alpha value is -1.26. The van der Waals surface area contributed by atoms with Crippen LogP contribution in [0.25, 0.3) is 0 Å². The molecule has 1 atom stereocenters. The minimum Gasteiger partial charge on any atom is -0.324 e. The summed E-state index contributed by atoms with van der Waals surface area (Å²) in [4.78, 5) is 4.32. The average Bonchev–Trinajstić information content (AvgIpc) is 2.32. The molecule has 2 rings (SSSR count). The van der Waals surface area contributed by atoms with Crippen molar-refractivity contribution in [1.82, 2.24) is 4.98 Å². The molecular weight excluding hydrogens is 295 g/mol. The predicted molar refractivity (Wildman–Crippen MR) is 73.7 cm³/mol. The van der Waals surface area contributed by atoms with Gasteiger partial charge in [0, 0.05) is 28.8 Å². The molecule has 1 aromatic heterocycles. The molecule has 0 aliphatic rings. The summed E-state index contributed by atoms with van der Waals surface area (Å²) in [5, 5.41) is 0. The van der Waals surface area contributed by atoms with Crippen molar-refractivity contribution in [1.29, 1.82) is 0 Å². The Morgan fingerprint density at radius 3 is 2.83 bits per heavy atom. The van der Waals surface area contributed by atoms with E-state index >= 15 is 0 Å². The van der Waals surface area contributed by atoms with Gasteiger partial charge in [0.2, 0.25) is 0 Å². The topological polar surface area (TPSA) is 38.9 Å². The number of aromatic nitrogens is 1. The summed E-state index contributed by atoms with van der Waals surface area (Å²) in [6, 6.07) is 8.27. The van der Waals surface area contributed by atoms with E-state index in [0.29, 0.717) is 10.9 Å². The van der Waals surface area contributed by atoms with Crippen LogP contribution in [0.15, 0.2) is 41.0 Å². The van der Waals surface area contributed by atoms with Gasteiger partial charge in [-0.25, -0.2) is 4.39 Å². The Morgan fingerprint density at radius 2 is 2.17 bits per heavy atom. The van der Waals surface area contributed by atoms with Crippen molar-refractivity contribution in [3.8, 4) is 0 Å². The molecule has 1 heterocycles. The molecule has 2 N–H and O–H groups in total. The third kappa shape index (κ3) is 2.94. The molecule has 1 aromatic carbocycles. The van der Waals surface area contributed by atoms with Gasteiger partial charge in [-0.15, -0.1) is 0 Å². The lowest BCUT2D eigenvalue weighted by Gasteiger charge is -2.14. The van der Waals surface area contributed by atoms with Gasteiger partial charge >= 0.3 is 0 Å². The van der Waals surface area contributed by atoms with E-state index in [1.807, 2.05) is 19.1 Å². The lowest BCUT2D eigenvalue weighted by atomic mass is 10.0. The molecule has 94 valence electrons. The smallest absolute Gasteiger partial charge is 0.124 e. The van der Waals surface area contributed by atoms with Crippen molar-refractivity contribution in [2.45, 2.75) is 19.4 Å². The van der Waals surface area contributed by atoms with E-state index in [1.165, 1.54) is 12.1 Å². The van der Waals surface area contributed by atoms with Crippen LogP contribution in [0.1, 0.15) is 22.9 Å². The van der Waals surface area contributed by atoms with Gasteiger partial charge in [-0.2, -0.15) is 0 Å². The molecule has 2 aromatic rings. The van der Waals surface area contributed by atoms with Crippen molar-refractivity contribution in [2.24, 2.45) is 5.73 Å². The Morgan fingerprint density at radius 1 is 1.39 bits per heavy atom. The largest absolute Gasteiger partial charge is 0.324 e. The maximum absolute atomic E-state index is 13.0. The van der Waals surface area contributed by atoms with Crippen molar-refractivity contribution >= 4 is 15.9 Å². The molecule has 0 aliphatic heterocycles. The summed E-state index contributed by atoms with van der Waals surface area (Å²) in [6.45, 7) is 2.01. The molecule has 1 unspecified atom stereocenters. The first-order valence-electron chi connectivity index (χ1n) is 5.69. The Bertz CT molecular complexity index is 557. The molecule has 0 aliphatic carbocycles. The maximum Gasteiger partial charge on any atom is 0.124 e. The molecule has 2 nitrogen and oxygen atoms in total. The first kappa shape index (κ1) is 13.2. The third-order valence-electron chi connectivity index (χ3n) is 2.89. The van der Waals surface area contributed by atoms with Gasteiger partial charge in [-0.1, -0.05) is 28.1 Å². The second kappa shape index (κ2) is 5.59. The van der Waals surface area contributed by atoms with Gasteiger partial charge in [0.25, 0.3) is 0 Å². The summed E-state index contributed by atoms with van der Waals surface area (Å²) in [5.41, 5.74) is 9.13. The monoisotopic (exact) mass is 308 g/mol. The molecule has 18 heavy (non-hydrogen) atoms. The van der Waals surface area contributed by atoms with Gasteiger partial charge in [0.15, 0.2) is 0 Å². The van der Waals surface area contributed by atoms with Crippen LogP contribution in [0.4, 0.5) is 4.39 Å². The number of pyridine rings is 1. The average molecular weight is 309 g/mol. The normalized spacial score (nSPS) is 12.4. The van der Waals surface area contributed by atoms with Gasteiger partial charge in [-0.05, 0) is 36.2 Å². The number of nitrogens with two attached hydrogens (primary N) is 1. The van der Waals surface area contributed by atoms with Crippen molar-refractivity contribution in [2.75, 3.05) is 0 Å². The highest BCUT2D eigenvalue weighted by Crippen LogP contribution is 2.25. The first-order valence-corrected chi connectivity index (χ1v) is 6.48. The molecule has 0 saturated carbocycles. The Kier molecular flexibility index (Phi) is 4.09. The highest BCUT2D eigenvalue weighted by molar-refractivity contribution is 9.10. The highest BCUT2D eigenvalue weighted by Gasteiger charge is 2.13. The highest BCUT2D eigenvalue weighted by atomic mass is 79.9. The second-order valence-electron chi connectivity index (χ2n) is 4.24. The number of nitrogens with zero attached hydrogens (tertiary/aromatic N) is 1. The Labute approximate surface area is 114 Å². The number of halogens is 2. The van der Waals surface area contributed by atoms with Crippen LogP contribution in [0.5, 0.6) is 0 Å². The van der Waals surface area contributed by atoms with E-state index in [2.05, 4.69) is 20.9 Å². The van der Waals surface area contributed by atoms with Crippen molar-refractivity contribution in [3.63, 3.8) is 0 Å². The lowest BCUT2D eigenvalue weighted by molar-refractivity contribution is 0.622. The van der Waals surface area contributed by atoms with Gasteiger partial charge in [-0.3, -0.25) is 4.98 Å². The summed E-state index contributed by atoms with van der Waals surface area (Å²) in [6.07, 6.45) is 2.39. The minimum absolute atomic E-state index is 0.200. The molecule has 0 amide bonds. The summed E-state index contributed by atoms with van der Waals surface area (Å²) >= 11 is 3.34. The third-order valence-corrected chi connectivity index (χ3v) is 3.58. The molecule has 0 radical (unpaired) electrons. The summed E-state index contributed by atoms with van der Waals surface area (Å²) in [5.74, 6) is -0.271. The number of aryl methyl sites for hydroxylation is 1. The zero-order chi connectivity index (χ0) is 13.1. The SMILES string of the molecule is Cc1cccnc1CC(N)c1ccc(F)cc1Br. The number of benzene rings is 1. The number of rotatable bonds is 3. The van der Waals surface area contributed by atoms with Crippen LogP contribution in [0, 0.1) is 12.7 Å². The molecule has 0 bridgehead atoms. The summed E-state index contributed by atoms with van der Waals surface area (Å²) < 4.78 is 13.7. The zero-order valence-corrected chi connectivity index (χ0v) is 11.6. The number of hydrogen-bond donors (Lipinski definition) is 1. The lowest BCUT2D eigenvalue weighted by Crippen LogP contribution is -2.15. The van der Waals surface area contributed by atoms with Gasteiger partial charge in [0.05, 0.1) is 0 Å². The zero-order valence-electron chi connectivity index (χ0n) is 10.0. The fourth-order valence-corrected chi connectivity index (χ4v) is 2.50. The van der Waals surface area contributed by atoms with E-state index in [1.54, 1.807) is 12.3 Å². The van der Waals surface area contributed by atoms with E-state index in [0.717, 1.165) is 16.8 Å².